The zero-order chi connectivity index (χ0) is 22.3. The summed E-state index contributed by atoms with van der Waals surface area (Å²) in [6.45, 7) is 5.58. The molecule has 2 aromatic heterocycles. The van der Waals surface area contributed by atoms with Crippen LogP contribution in [0.4, 0.5) is 5.82 Å². The van der Waals surface area contributed by atoms with Crippen molar-refractivity contribution in [2.45, 2.75) is 38.8 Å². The number of benzene rings is 1. The first kappa shape index (κ1) is 21.4. The highest BCUT2D eigenvalue weighted by molar-refractivity contribution is 7.89. The molecule has 170 valence electrons. The van der Waals surface area contributed by atoms with Crippen molar-refractivity contribution >= 4 is 26.9 Å². The van der Waals surface area contributed by atoms with E-state index in [1.54, 1.807) is 6.92 Å². The first-order valence-corrected chi connectivity index (χ1v) is 13.0. The third-order valence-electron chi connectivity index (χ3n) is 6.82. The van der Waals surface area contributed by atoms with Crippen LogP contribution in [0.3, 0.4) is 0 Å². The van der Waals surface area contributed by atoms with Crippen molar-refractivity contribution in [2.24, 2.45) is 5.92 Å². The molecule has 0 amide bonds. The van der Waals surface area contributed by atoms with Gasteiger partial charge in [0, 0.05) is 30.9 Å². The minimum absolute atomic E-state index is 0.0637. The quantitative estimate of drug-likeness (QED) is 0.542. The monoisotopic (exact) mass is 454 g/mol. The number of nitrogen functional groups attached to an aromatic ring is 1. The molecule has 3 N–H and O–H groups in total. The van der Waals surface area contributed by atoms with Gasteiger partial charge in [-0.15, -0.1) is 0 Å². The summed E-state index contributed by atoms with van der Waals surface area (Å²) in [5.74, 6) is 1.28. The Morgan fingerprint density at radius 2 is 2.03 bits per heavy atom. The van der Waals surface area contributed by atoms with E-state index < -0.39 is 10.0 Å². The fourth-order valence-electron chi connectivity index (χ4n) is 4.76. The van der Waals surface area contributed by atoms with E-state index in [-0.39, 0.29) is 12.3 Å². The molecule has 1 aliphatic carbocycles. The largest absolute Gasteiger partial charge is 0.383 e. The molecule has 1 saturated carbocycles. The first-order valence-electron chi connectivity index (χ1n) is 11.3. The number of hydrogen-bond donors (Lipinski definition) is 2. The Bertz CT molecular complexity index is 1230. The van der Waals surface area contributed by atoms with E-state index >= 15 is 0 Å². The molecule has 9 heteroatoms. The topological polar surface area (TPSA) is 106 Å². The van der Waals surface area contributed by atoms with Gasteiger partial charge in [0.15, 0.2) is 0 Å². The molecule has 1 aromatic carbocycles. The fraction of sp³-hybridized carbons (Fsp3) is 0.478. The van der Waals surface area contributed by atoms with Crippen LogP contribution in [-0.4, -0.2) is 53.2 Å². The summed E-state index contributed by atoms with van der Waals surface area (Å²) < 4.78 is 28.6. The molecule has 1 aliphatic heterocycles. The summed E-state index contributed by atoms with van der Waals surface area (Å²) in [5.41, 5.74) is 10.0. The van der Waals surface area contributed by atoms with Crippen LogP contribution in [0.15, 0.2) is 36.8 Å². The average Bonchev–Trinajstić information content (AvgIpc) is 3.11. The maximum absolute atomic E-state index is 11.8. The van der Waals surface area contributed by atoms with E-state index in [0.717, 1.165) is 46.5 Å². The summed E-state index contributed by atoms with van der Waals surface area (Å²) in [5, 5.41) is 0.866. The predicted octanol–water partition coefficient (Wildman–Crippen LogP) is 2.78. The van der Waals surface area contributed by atoms with Crippen molar-refractivity contribution in [1.82, 2.24) is 24.2 Å². The van der Waals surface area contributed by atoms with E-state index in [1.165, 1.54) is 32.4 Å². The second-order valence-electron chi connectivity index (χ2n) is 8.98. The Labute approximate surface area is 188 Å². The summed E-state index contributed by atoms with van der Waals surface area (Å²) in [6, 6.07) is 8.33. The Hall–Kier alpha value is -2.49. The van der Waals surface area contributed by atoms with Crippen molar-refractivity contribution in [3.8, 4) is 11.1 Å². The van der Waals surface area contributed by atoms with Crippen molar-refractivity contribution in [1.29, 1.82) is 0 Å². The van der Waals surface area contributed by atoms with Gasteiger partial charge in [-0.05, 0) is 62.4 Å². The number of nitrogens with one attached hydrogen (secondary N) is 1. The predicted molar refractivity (Wildman–Crippen MR) is 126 cm³/mol. The van der Waals surface area contributed by atoms with Crippen molar-refractivity contribution in [3.05, 3.63) is 42.4 Å². The van der Waals surface area contributed by atoms with Crippen LogP contribution in [-0.2, 0) is 16.6 Å². The van der Waals surface area contributed by atoms with Gasteiger partial charge in [-0.2, -0.15) is 0 Å². The molecule has 0 unspecified atom stereocenters. The fourth-order valence-corrected chi connectivity index (χ4v) is 5.35. The Morgan fingerprint density at radius 1 is 1.22 bits per heavy atom. The van der Waals surface area contributed by atoms with Crippen LogP contribution in [0.2, 0.25) is 0 Å². The second kappa shape index (κ2) is 8.46. The van der Waals surface area contributed by atoms with Crippen LogP contribution < -0.4 is 10.5 Å². The summed E-state index contributed by atoms with van der Waals surface area (Å²) in [4.78, 5) is 11.4. The summed E-state index contributed by atoms with van der Waals surface area (Å²) >= 11 is 0. The van der Waals surface area contributed by atoms with Crippen molar-refractivity contribution < 1.29 is 8.42 Å². The van der Waals surface area contributed by atoms with Crippen molar-refractivity contribution in [3.63, 3.8) is 0 Å². The lowest BCUT2D eigenvalue weighted by atomic mass is 9.79. The number of likely N-dealkylation sites (tertiary alicyclic amines) is 1. The highest BCUT2D eigenvalue weighted by atomic mass is 32.2. The molecular weight excluding hydrogens is 424 g/mol. The number of aromatic nitrogens is 3. The molecule has 1 saturated heterocycles. The molecular formula is C23H30N6O2S. The van der Waals surface area contributed by atoms with Crippen LogP contribution in [0.25, 0.3) is 22.2 Å². The molecule has 0 spiro atoms. The van der Waals surface area contributed by atoms with Gasteiger partial charge in [0.25, 0.3) is 0 Å². The highest BCUT2D eigenvalue weighted by Gasteiger charge is 2.34. The molecule has 5 rings (SSSR count). The molecule has 2 fully saturated rings. The lowest BCUT2D eigenvalue weighted by molar-refractivity contribution is 0.0921. The standard InChI is InChI=1S/C23H30N6O2S/c1-2-32(30,31)27-12-16-5-3-6-18(9-16)20-14-29(23-21(20)22(24)25-15-26-23)19-10-17(11-19)13-28-7-4-8-28/h3,5-6,9,14-15,17,19,27H,2,4,7-8,10-13H2,1H3,(H2,24,25,26)/t17-,19+. The second-order valence-corrected chi connectivity index (χ2v) is 11.1. The number of nitrogens with two attached hydrogens (primary N) is 1. The van der Waals surface area contributed by atoms with Crippen LogP contribution in [0.5, 0.6) is 0 Å². The molecule has 32 heavy (non-hydrogen) atoms. The van der Waals surface area contributed by atoms with Gasteiger partial charge in [-0.25, -0.2) is 23.1 Å². The van der Waals surface area contributed by atoms with E-state index in [1.807, 2.05) is 24.3 Å². The highest BCUT2D eigenvalue weighted by Crippen LogP contribution is 2.43. The third-order valence-corrected chi connectivity index (χ3v) is 8.17. The maximum atomic E-state index is 11.8. The molecule has 0 atom stereocenters. The summed E-state index contributed by atoms with van der Waals surface area (Å²) in [7, 11) is -3.25. The SMILES string of the molecule is CCS(=O)(=O)NCc1cccc(-c2cn([C@H]3C[C@@H](CN4CCC4)C3)c3ncnc(N)c23)c1. The number of anilines is 1. The van der Waals surface area contributed by atoms with Gasteiger partial charge in [-0.3, -0.25) is 0 Å². The average molecular weight is 455 g/mol. The maximum Gasteiger partial charge on any atom is 0.211 e. The lowest BCUT2D eigenvalue weighted by Gasteiger charge is -2.42. The number of hydrogen-bond acceptors (Lipinski definition) is 6. The number of rotatable bonds is 8. The van der Waals surface area contributed by atoms with E-state index in [0.29, 0.717) is 11.9 Å². The van der Waals surface area contributed by atoms with E-state index in [2.05, 4.69) is 30.4 Å². The Morgan fingerprint density at radius 3 is 2.75 bits per heavy atom. The van der Waals surface area contributed by atoms with Gasteiger partial charge < -0.3 is 15.2 Å². The third kappa shape index (κ3) is 4.12. The smallest absolute Gasteiger partial charge is 0.211 e. The zero-order valence-corrected chi connectivity index (χ0v) is 19.2. The van der Waals surface area contributed by atoms with Gasteiger partial charge in [0.1, 0.15) is 17.8 Å². The van der Waals surface area contributed by atoms with E-state index in [4.69, 9.17) is 5.73 Å². The molecule has 0 radical (unpaired) electrons. The summed E-state index contributed by atoms with van der Waals surface area (Å²) in [6.07, 6.45) is 7.32. The molecule has 2 aliphatic rings. The molecule has 3 heterocycles. The van der Waals surface area contributed by atoms with Gasteiger partial charge in [-0.1, -0.05) is 18.2 Å². The van der Waals surface area contributed by atoms with Crippen LogP contribution in [0, 0.1) is 5.92 Å². The van der Waals surface area contributed by atoms with Gasteiger partial charge in [0.2, 0.25) is 10.0 Å². The zero-order valence-electron chi connectivity index (χ0n) is 18.4. The van der Waals surface area contributed by atoms with Crippen LogP contribution in [0.1, 0.15) is 37.8 Å². The Balaban J connectivity index is 1.43. The van der Waals surface area contributed by atoms with Crippen LogP contribution >= 0.6 is 0 Å². The number of nitrogens with zero attached hydrogens (tertiary/aromatic N) is 4. The lowest BCUT2D eigenvalue weighted by Crippen LogP contribution is -2.43. The normalized spacial score (nSPS) is 21.4. The van der Waals surface area contributed by atoms with Gasteiger partial charge >= 0.3 is 0 Å². The Kier molecular flexibility index (Phi) is 5.65. The first-order chi connectivity index (χ1) is 15.4. The molecule has 8 nitrogen and oxygen atoms in total. The number of fused-ring (bicyclic) bond motifs is 1. The number of sulfonamides is 1. The minimum Gasteiger partial charge on any atom is -0.383 e. The van der Waals surface area contributed by atoms with Crippen molar-refractivity contribution in [2.75, 3.05) is 31.1 Å². The minimum atomic E-state index is -3.25. The van der Waals surface area contributed by atoms with E-state index in [9.17, 15) is 8.42 Å². The van der Waals surface area contributed by atoms with Gasteiger partial charge in [0.05, 0.1) is 11.1 Å². The molecule has 0 bridgehead atoms. The molecule has 3 aromatic rings.